The molecule has 3 aromatic carbocycles. The second-order valence-corrected chi connectivity index (χ2v) is 7.25. The molecule has 0 fully saturated rings. The molecule has 0 radical (unpaired) electrons. The zero-order chi connectivity index (χ0) is 23.2. The molecule has 0 bridgehead atoms. The normalized spacial score (nSPS) is 10.7. The number of amides is 2. The van der Waals surface area contributed by atoms with Crippen molar-refractivity contribution in [3.05, 3.63) is 77.9 Å². The molecule has 0 saturated carbocycles. The third-order valence-electron chi connectivity index (χ3n) is 4.94. The van der Waals surface area contributed by atoms with Crippen LogP contribution in [-0.4, -0.2) is 52.2 Å². The number of ether oxygens (including phenoxy) is 1. The van der Waals surface area contributed by atoms with E-state index in [-0.39, 0.29) is 25.0 Å². The third kappa shape index (κ3) is 5.16. The van der Waals surface area contributed by atoms with Crippen LogP contribution in [0, 0.1) is 0 Å². The predicted molar refractivity (Wildman–Crippen MR) is 124 cm³/mol. The minimum atomic E-state index is -0.355. The van der Waals surface area contributed by atoms with Crippen LogP contribution in [0.1, 0.15) is 15.9 Å². The first-order valence-electron chi connectivity index (χ1n) is 10.4. The molecular formula is C24H23N5O4. The molecule has 9 nitrogen and oxygen atoms in total. The largest absolute Gasteiger partial charge is 0.481 e. The second-order valence-electron chi connectivity index (χ2n) is 7.25. The van der Waals surface area contributed by atoms with Crippen molar-refractivity contribution in [3.8, 4) is 11.4 Å². The molecule has 9 heteroatoms. The summed E-state index contributed by atoms with van der Waals surface area (Å²) >= 11 is 0. The van der Waals surface area contributed by atoms with E-state index in [0.29, 0.717) is 29.1 Å². The molecule has 1 heterocycles. The Kier molecular flexibility index (Phi) is 6.61. The van der Waals surface area contributed by atoms with Gasteiger partial charge in [0.1, 0.15) is 22.5 Å². The number of aliphatic hydroxyl groups excluding tert-OH is 1. The van der Waals surface area contributed by atoms with Gasteiger partial charge >= 0.3 is 0 Å². The minimum absolute atomic E-state index is 0.00919. The molecule has 33 heavy (non-hydrogen) atoms. The Morgan fingerprint density at radius 2 is 1.70 bits per heavy atom. The van der Waals surface area contributed by atoms with Crippen molar-refractivity contribution >= 4 is 28.5 Å². The summed E-state index contributed by atoms with van der Waals surface area (Å²) in [6.07, 6.45) is 0.473. The number of nitrogens with one attached hydrogen (secondary N) is 2. The quantitative estimate of drug-likeness (QED) is 0.383. The molecule has 0 aliphatic heterocycles. The predicted octanol–water partition coefficient (Wildman–Crippen LogP) is 2.33. The highest BCUT2D eigenvalue weighted by molar-refractivity contribution is 5.96. The Morgan fingerprint density at radius 1 is 1.00 bits per heavy atom. The van der Waals surface area contributed by atoms with E-state index < -0.39 is 0 Å². The first kappa shape index (κ1) is 22.0. The van der Waals surface area contributed by atoms with Crippen LogP contribution in [0.5, 0.6) is 5.75 Å². The summed E-state index contributed by atoms with van der Waals surface area (Å²) in [5.41, 5.74) is 3.97. The third-order valence-corrected chi connectivity index (χ3v) is 4.94. The van der Waals surface area contributed by atoms with Gasteiger partial charge in [0.25, 0.3) is 11.8 Å². The fourth-order valence-electron chi connectivity index (χ4n) is 3.28. The zero-order valence-corrected chi connectivity index (χ0v) is 18.0. The smallest absolute Gasteiger partial charge is 0.262 e. The lowest BCUT2D eigenvalue weighted by molar-refractivity contribution is -0.118. The molecule has 0 aliphatic rings. The molecule has 4 rings (SSSR count). The molecule has 3 N–H and O–H groups in total. The van der Waals surface area contributed by atoms with Gasteiger partial charge in [-0.3, -0.25) is 9.59 Å². The maximum Gasteiger partial charge on any atom is 0.262 e. The molecule has 168 valence electrons. The van der Waals surface area contributed by atoms with Crippen LogP contribution < -0.4 is 15.4 Å². The number of hydrogen-bond acceptors (Lipinski definition) is 6. The molecular weight excluding hydrogens is 422 g/mol. The van der Waals surface area contributed by atoms with E-state index >= 15 is 0 Å². The molecule has 0 saturated heterocycles. The average Bonchev–Trinajstić information content (AvgIpc) is 3.27. The summed E-state index contributed by atoms with van der Waals surface area (Å²) in [6.45, 7) is -0.223. The molecule has 0 unspecified atom stereocenters. The number of hydrogen-bond donors (Lipinski definition) is 3. The second kappa shape index (κ2) is 9.92. The maximum absolute atomic E-state index is 12.4. The number of fused-ring (bicyclic) bond motifs is 1. The highest BCUT2D eigenvalue weighted by atomic mass is 16.5. The van der Waals surface area contributed by atoms with Crippen LogP contribution in [0.25, 0.3) is 16.7 Å². The molecule has 4 aromatic rings. The van der Waals surface area contributed by atoms with Crippen molar-refractivity contribution < 1.29 is 19.4 Å². The molecule has 0 aliphatic carbocycles. The van der Waals surface area contributed by atoms with Crippen molar-refractivity contribution in [1.82, 2.24) is 20.3 Å². The fourth-order valence-corrected chi connectivity index (χ4v) is 3.28. The lowest BCUT2D eigenvalue weighted by atomic mass is 10.1. The number of aromatic nitrogens is 3. The van der Waals surface area contributed by atoms with Crippen LogP contribution in [0.4, 0.5) is 5.69 Å². The van der Waals surface area contributed by atoms with Crippen molar-refractivity contribution in [2.24, 2.45) is 0 Å². The summed E-state index contributed by atoms with van der Waals surface area (Å²) in [5, 5.41) is 23.6. The Balaban J connectivity index is 1.50. The number of anilines is 1. The molecule has 2 amide bonds. The van der Waals surface area contributed by atoms with Gasteiger partial charge in [-0.25, -0.2) is 0 Å². The Hall–Kier alpha value is -4.24. The highest BCUT2D eigenvalue weighted by Gasteiger charge is 2.13. The van der Waals surface area contributed by atoms with Gasteiger partial charge in [0, 0.05) is 24.9 Å². The SMILES string of the molecule is CNC(=O)c1ccc(NC(=O)COc2ccc(CCO)cc2-n2nc3ccccc3n2)cc1. The summed E-state index contributed by atoms with van der Waals surface area (Å²) in [7, 11) is 1.56. The summed E-state index contributed by atoms with van der Waals surface area (Å²) in [5.74, 6) is -0.123. The summed E-state index contributed by atoms with van der Waals surface area (Å²) in [6, 6.07) is 19.4. The number of benzene rings is 3. The number of rotatable bonds is 8. The van der Waals surface area contributed by atoms with Gasteiger partial charge < -0.3 is 20.5 Å². The van der Waals surface area contributed by atoms with Crippen molar-refractivity contribution in [2.75, 3.05) is 25.6 Å². The van der Waals surface area contributed by atoms with E-state index in [4.69, 9.17) is 4.74 Å². The first-order valence-corrected chi connectivity index (χ1v) is 10.4. The standard InChI is InChI=1S/C24H23N5O4/c1-25-24(32)17-7-9-18(10-8-17)26-23(31)15-33-22-11-6-16(12-13-30)14-21(22)29-27-19-4-2-3-5-20(19)28-29/h2-11,14,30H,12-13,15H2,1H3,(H,25,32)(H,26,31). The van der Waals surface area contributed by atoms with E-state index in [2.05, 4.69) is 20.8 Å². The number of aliphatic hydroxyl groups is 1. The molecule has 0 spiro atoms. The van der Waals surface area contributed by atoms with Gasteiger partial charge in [0.15, 0.2) is 6.61 Å². The number of nitrogens with zero attached hydrogens (tertiary/aromatic N) is 3. The number of carbonyl (C=O) groups excluding carboxylic acids is 2. The van der Waals surface area contributed by atoms with E-state index in [0.717, 1.165) is 16.6 Å². The van der Waals surface area contributed by atoms with Crippen molar-refractivity contribution in [3.63, 3.8) is 0 Å². The lowest BCUT2D eigenvalue weighted by Crippen LogP contribution is -2.21. The molecule has 0 atom stereocenters. The number of carbonyl (C=O) groups is 2. The molecule has 1 aromatic heterocycles. The minimum Gasteiger partial charge on any atom is -0.481 e. The van der Waals surface area contributed by atoms with Gasteiger partial charge in [-0.15, -0.1) is 15.0 Å². The van der Waals surface area contributed by atoms with Crippen molar-refractivity contribution in [2.45, 2.75) is 6.42 Å². The van der Waals surface area contributed by atoms with Gasteiger partial charge in [-0.2, -0.15) is 0 Å². The van der Waals surface area contributed by atoms with Crippen LogP contribution in [0.2, 0.25) is 0 Å². The van der Waals surface area contributed by atoms with E-state index in [1.54, 1.807) is 37.4 Å². The van der Waals surface area contributed by atoms with Gasteiger partial charge in [-0.05, 0) is 60.5 Å². The van der Waals surface area contributed by atoms with Gasteiger partial charge in [0.2, 0.25) is 0 Å². The highest BCUT2D eigenvalue weighted by Crippen LogP contribution is 2.25. The average molecular weight is 445 g/mol. The van der Waals surface area contributed by atoms with Crippen LogP contribution in [0.15, 0.2) is 66.7 Å². The van der Waals surface area contributed by atoms with E-state index in [1.807, 2.05) is 36.4 Å². The van der Waals surface area contributed by atoms with E-state index in [9.17, 15) is 14.7 Å². The first-order chi connectivity index (χ1) is 16.1. The monoisotopic (exact) mass is 445 g/mol. The van der Waals surface area contributed by atoms with Crippen LogP contribution >= 0.6 is 0 Å². The van der Waals surface area contributed by atoms with Crippen LogP contribution in [-0.2, 0) is 11.2 Å². The Morgan fingerprint density at radius 3 is 2.33 bits per heavy atom. The van der Waals surface area contributed by atoms with Crippen molar-refractivity contribution in [1.29, 1.82) is 0 Å². The summed E-state index contributed by atoms with van der Waals surface area (Å²) in [4.78, 5) is 25.5. The Bertz CT molecular complexity index is 1250. The van der Waals surface area contributed by atoms with Gasteiger partial charge in [0.05, 0.1) is 0 Å². The van der Waals surface area contributed by atoms with Crippen LogP contribution in [0.3, 0.4) is 0 Å². The summed E-state index contributed by atoms with van der Waals surface area (Å²) < 4.78 is 5.79. The maximum atomic E-state index is 12.4. The Labute approximate surface area is 190 Å². The lowest BCUT2D eigenvalue weighted by Gasteiger charge is -2.12. The van der Waals surface area contributed by atoms with E-state index in [1.165, 1.54) is 4.80 Å². The fraction of sp³-hybridized carbons (Fsp3) is 0.167. The zero-order valence-electron chi connectivity index (χ0n) is 18.0. The van der Waals surface area contributed by atoms with Gasteiger partial charge in [-0.1, -0.05) is 18.2 Å². The topological polar surface area (TPSA) is 118 Å².